The molecule has 0 N–H and O–H groups in total. The molecular formula is C31H48O. The van der Waals surface area contributed by atoms with Crippen LogP contribution in [0.5, 0.6) is 0 Å². The molecule has 0 spiro atoms. The van der Waals surface area contributed by atoms with Gasteiger partial charge in [0, 0.05) is 0 Å². The number of fused-ring (bicyclic) bond motifs is 3. The van der Waals surface area contributed by atoms with Gasteiger partial charge in [-0.05, 0) is 111 Å². The first-order valence-corrected chi connectivity index (χ1v) is 14.1. The maximum Gasteiger partial charge on any atom is 0.0575 e. The number of rotatable bonds is 11. The summed E-state index contributed by atoms with van der Waals surface area (Å²) >= 11 is 0. The predicted molar refractivity (Wildman–Crippen MR) is 137 cm³/mol. The second kappa shape index (κ2) is 11.4. The first-order chi connectivity index (χ1) is 15.7. The molecule has 4 aliphatic carbocycles. The number of hydrogen-bond acceptors (Lipinski definition) is 1. The Morgan fingerprint density at radius 3 is 2.16 bits per heavy atom. The van der Waals surface area contributed by atoms with Crippen molar-refractivity contribution in [1.29, 1.82) is 0 Å². The van der Waals surface area contributed by atoms with Gasteiger partial charge in [0.25, 0.3) is 0 Å². The minimum Gasteiger partial charge on any atom is -0.378 e. The van der Waals surface area contributed by atoms with E-state index in [1.165, 1.54) is 89.9 Å². The summed E-state index contributed by atoms with van der Waals surface area (Å²) in [6.07, 6.45) is 26.7. The molecule has 4 fully saturated rings. The van der Waals surface area contributed by atoms with Crippen LogP contribution in [0.15, 0.2) is 36.4 Å². The van der Waals surface area contributed by atoms with Gasteiger partial charge in [0.05, 0.1) is 12.7 Å². The Labute approximate surface area is 198 Å². The summed E-state index contributed by atoms with van der Waals surface area (Å²) < 4.78 is 6.13. The zero-order valence-corrected chi connectivity index (χ0v) is 21.0. The number of unbranched alkanes of at least 4 members (excludes halogenated alkanes) is 2. The highest BCUT2D eigenvalue weighted by atomic mass is 16.5. The molecule has 0 heterocycles. The monoisotopic (exact) mass is 436 g/mol. The lowest BCUT2D eigenvalue weighted by molar-refractivity contribution is 0.0273. The molecule has 0 radical (unpaired) electrons. The zero-order valence-electron chi connectivity index (χ0n) is 21.0. The predicted octanol–water partition coefficient (Wildman–Crippen LogP) is 9.26. The van der Waals surface area contributed by atoms with Crippen LogP contribution >= 0.6 is 0 Å². The summed E-state index contributed by atoms with van der Waals surface area (Å²) in [7, 11) is 0. The van der Waals surface area contributed by atoms with E-state index in [0.717, 1.165) is 25.4 Å². The summed E-state index contributed by atoms with van der Waals surface area (Å²) in [4.78, 5) is 0. The van der Waals surface area contributed by atoms with Crippen LogP contribution in [0.3, 0.4) is 0 Å². The molecular weight excluding hydrogens is 388 g/mol. The molecule has 0 aliphatic heterocycles. The van der Waals surface area contributed by atoms with Crippen molar-refractivity contribution in [2.24, 2.45) is 5.41 Å². The molecule has 0 saturated heterocycles. The lowest BCUT2D eigenvalue weighted by Crippen LogP contribution is -2.44. The molecule has 1 aromatic rings. The highest BCUT2D eigenvalue weighted by Crippen LogP contribution is 2.59. The number of hydrogen-bond donors (Lipinski definition) is 0. The van der Waals surface area contributed by atoms with Gasteiger partial charge in [-0.25, -0.2) is 0 Å². The summed E-state index contributed by atoms with van der Waals surface area (Å²) in [6.45, 7) is 5.42. The molecule has 0 atom stereocenters. The SMILES string of the molecule is CCC=CCCO[C@H]1CC[C@H](c2ccc(C34CCC(CCCCC)(CC3)CC4)cc2)CC1. The molecule has 0 amide bonds. The van der Waals surface area contributed by atoms with Crippen molar-refractivity contribution >= 4 is 0 Å². The van der Waals surface area contributed by atoms with Gasteiger partial charge in [-0.1, -0.05) is 69.5 Å². The Morgan fingerprint density at radius 2 is 1.53 bits per heavy atom. The normalized spacial score (nSPS) is 32.6. The van der Waals surface area contributed by atoms with Crippen molar-refractivity contribution in [1.82, 2.24) is 0 Å². The Hall–Kier alpha value is -1.08. The van der Waals surface area contributed by atoms with Crippen LogP contribution in [0, 0.1) is 5.41 Å². The van der Waals surface area contributed by atoms with Crippen molar-refractivity contribution in [3.8, 4) is 0 Å². The summed E-state index contributed by atoms with van der Waals surface area (Å²) in [5.41, 5.74) is 4.45. The summed E-state index contributed by atoms with van der Waals surface area (Å²) in [6, 6.07) is 10.0. The third kappa shape index (κ3) is 5.69. The standard InChI is InChI=1S/C31H48O/c1-3-5-7-9-25-32-29-16-12-27(13-17-29)26-10-14-28(15-11-26)31-22-19-30(20-23-31,21-24-31)18-8-6-4-2/h5,7,10-11,14-15,27,29H,3-4,6,8-9,12-13,16-25H2,1-2H3/t27-,29-,30?,31?. The van der Waals surface area contributed by atoms with E-state index < -0.39 is 0 Å². The maximum atomic E-state index is 6.13. The maximum absolute atomic E-state index is 6.13. The van der Waals surface area contributed by atoms with Gasteiger partial charge in [0.2, 0.25) is 0 Å². The van der Waals surface area contributed by atoms with E-state index in [2.05, 4.69) is 50.3 Å². The van der Waals surface area contributed by atoms with E-state index in [0.29, 0.717) is 16.9 Å². The highest BCUT2D eigenvalue weighted by molar-refractivity contribution is 5.33. The third-order valence-electron chi connectivity index (χ3n) is 9.42. The molecule has 178 valence electrons. The first kappa shape index (κ1) is 24.1. The van der Waals surface area contributed by atoms with Crippen molar-refractivity contribution < 1.29 is 4.74 Å². The smallest absolute Gasteiger partial charge is 0.0575 e. The van der Waals surface area contributed by atoms with Crippen LogP contribution in [0.25, 0.3) is 0 Å². The average molecular weight is 437 g/mol. The number of benzene rings is 1. The van der Waals surface area contributed by atoms with Gasteiger partial charge in [0.15, 0.2) is 0 Å². The van der Waals surface area contributed by atoms with E-state index >= 15 is 0 Å². The topological polar surface area (TPSA) is 9.23 Å². The van der Waals surface area contributed by atoms with E-state index in [-0.39, 0.29) is 0 Å². The van der Waals surface area contributed by atoms with Crippen LogP contribution in [0.1, 0.15) is 134 Å². The third-order valence-corrected chi connectivity index (χ3v) is 9.42. The minimum absolute atomic E-state index is 0.488. The van der Waals surface area contributed by atoms with Crippen molar-refractivity contribution in [2.75, 3.05) is 6.61 Å². The molecule has 32 heavy (non-hydrogen) atoms. The van der Waals surface area contributed by atoms with E-state index in [9.17, 15) is 0 Å². The molecule has 4 aliphatic rings. The van der Waals surface area contributed by atoms with Gasteiger partial charge >= 0.3 is 0 Å². The largest absolute Gasteiger partial charge is 0.378 e. The van der Waals surface area contributed by atoms with Gasteiger partial charge < -0.3 is 4.74 Å². The molecule has 0 unspecified atom stereocenters. The molecule has 1 heteroatoms. The summed E-state index contributed by atoms with van der Waals surface area (Å²) in [5.74, 6) is 0.741. The molecule has 1 nitrogen and oxygen atoms in total. The molecule has 1 aromatic carbocycles. The van der Waals surface area contributed by atoms with Crippen molar-refractivity contribution in [2.45, 2.75) is 134 Å². The average Bonchev–Trinajstić information content (AvgIpc) is 2.86. The lowest BCUT2D eigenvalue weighted by atomic mass is 9.51. The number of allylic oxidation sites excluding steroid dienone is 1. The molecule has 0 aromatic heterocycles. The Bertz CT molecular complexity index is 682. The van der Waals surface area contributed by atoms with Crippen LogP contribution in [-0.2, 0) is 10.2 Å². The lowest BCUT2D eigenvalue weighted by Gasteiger charge is -2.54. The van der Waals surface area contributed by atoms with Crippen LogP contribution in [0.4, 0.5) is 0 Å². The molecule has 5 rings (SSSR count). The van der Waals surface area contributed by atoms with E-state index in [1.807, 2.05) is 0 Å². The van der Waals surface area contributed by atoms with Crippen molar-refractivity contribution in [3.05, 3.63) is 47.5 Å². The molecule has 4 saturated carbocycles. The van der Waals surface area contributed by atoms with E-state index in [1.54, 1.807) is 11.1 Å². The van der Waals surface area contributed by atoms with Gasteiger partial charge in [0.1, 0.15) is 0 Å². The second-order valence-corrected chi connectivity index (χ2v) is 11.4. The fraction of sp³-hybridized carbons (Fsp3) is 0.742. The zero-order chi connectivity index (χ0) is 22.3. The Kier molecular flexibility index (Phi) is 8.55. The quantitative estimate of drug-likeness (QED) is 0.248. The van der Waals surface area contributed by atoms with Crippen LogP contribution in [0.2, 0.25) is 0 Å². The highest BCUT2D eigenvalue weighted by Gasteiger charge is 2.48. The fourth-order valence-electron chi connectivity index (χ4n) is 7.08. The Balaban J connectivity index is 1.25. The summed E-state index contributed by atoms with van der Waals surface area (Å²) in [5, 5.41) is 0. The van der Waals surface area contributed by atoms with Gasteiger partial charge in [-0.3, -0.25) is 0 Å². The Morgan fingerprint density at radius 1 is 0.844 bits per heavy atom. The second-order valence-electron chi connectivity index (χ2n) is 11.4. The van der Waals surface area contributed by atoms with Crippen LogP contribution in [-0.4, -0.2) is 12.7 Å². The van der Waals surface area contributed by atoms with E-state index in [4.69, 9.17) is 4.74 Å². The molecule has 2 bridgehead atoms. The van der Waals surface area contributed by atoms with Crippen LogP contribution < -0.4 is 0 Å². The van der Waals surface area contributed by atoms with Gasteiger partial charge in [-0.2, -0.15) is 0 Å². The first-order valence-electron chi connectivity index (χ1n) is 14.1. The van der Waals surface area contributed by atoms with Gasteiger partial charge in [-0.15, -0.1) is 0 Å². The number of ether oxygens (including phenoxy) is 1. The minimum atomic E-state index is 0.488. The fourth-order valence-corrected chi connectivity index (χ4v) is 7.08. The van der Waals surface area contributed by atoms with Crippen molar-refractivity contribution in [3.63, 3.8) is 0 Å².